The molecule has 0 spiro atoms. The highest BCUT2D eigenvalue weighted by atomic mass is 79.9. The van der Waals surface area contributed by atoms with E-state index < -0.39 is 0 Å². The minimum absolute atomic E-state index is 0.00980. The van der Waals surface area contributed by atoms with Crippen LogP contribution in [0, 0.1) is 0 Å². The number of rotatable bonds is 3. The van der Waals surface area contributed by atoms with E-state index in [1.165, 1.54) is 0 Å². The molecule has 0 aromatic heterocycles. The molecule has 0 heterocycles. The van der Waals surface area contributed by atoms with Gasteiger partial charge in [0.05, 0.1) is 12.4 Å². The molecule has 0 saturated heterocycles. The number of halogens is 1. The lowest BCUT2D eigenvalue weighted by atomic mass is 9.85. The molecule has 0 aliphatic rings. The third-order valence-electron chi connectivity index (χ3n) is 2.45. The lowest BCUT2D eigenvalue weighted by Crippen LogP contribution is -2.13. The fraction of sp³-hybridized carbons (Fsp3) is 0.462. The Morgan fingerprint density at radius 1 is 1.31 bits per heavy atom. The van der Waals surface area contributed by atoms with Crippen LogP contribution >= 0.6 is 15.9 Å². The molecule has 0 bridgehead atoms. The number of carbonyl (C=O) groups excluding carboxylic acids is 1. The Balaban J connectivity index is 3.27. The van der Waals surface area contributed by atoms with Crippen molar-refractivity contribution in [2.75, 3.05) is 12.4 Å². The molecule has 88 valence electrons. The molecule has 0 N–H and O–H groups in total. The maximum Gasteiger partial charge on any atom is 0.173 e. The molecule has 0 atom stereocenters. The summed E-state index contributed by atoms with van der Waals surface area (Å²) < 4.78 is 5.22. The molecule has 1 aromatic carbocycles. The van der Waals surface area contributed by atoms with E-state index >= 15 is 0 Å². The van der Waals surface area contributed by atoms with Gasteiger partial charge in [-0.3, -0.25) is 4.79 Å². The Bertz CT molecular complexity index is 391. The van der Waals surface area contributed by atoms with Gasteiger partial charge in [0, 0.05) is 5.56 Å². The van der Waals surface area contributed by atoms with Crippen molar-refractivity contribution in [3.8, 4) is 5.75 Å². The first kappa shape index (κ1) is 13.2. The van der Waals surface area contributed by atoms with Crippen LogP contribution in [0.1, 0.15) is 36.7 Å². The van der Waals surface area contributed by atoms with Crippen LogP contribution in [0.15, 0.2) is 18.2 Å². The average molecular weight is 285 g/mol. The number of ether oxygens (including phenoxy) is 1. The molecule has 0 amide bonds. The van der Waals surface area contributed by atoms with Crippen molar-refractivity contribution in [1.82, 2.24) is 0 Å². The van der Waals surface area contributed by atoms with Crippen molar-refractivity contribution in [2.45, 2.75) is 26.2 Å². The van der Waals surface area contributed by atoms with Crippen molar-refractivity contribution in [1.29, 1.82) is 0 Å². The van der Waals surface area contributed by atoms with Gasteiger partial charge in [-0.2, -0.15) is 0 Å². The third-order valence-corrected chi connectivity index (χ3v) is 2.96. The summed E-state index contributed by atoms with van der Waals surface area (Å²) in [6.07, 6.45) is 0. The predicted octanol–water partition coefficient (Wildman–Crippen LogP) is 3.57. The van der Waals surface area contributed by atoms with Gasteiger partial charge in [-0.25, -0.2) is 0 Å². The van der Waals surface area contributed by atoms with Crippen LogP contribution in [0.25, 0.3) is 0 Å². The Hall–Kier alpha value is -0.830. The van der Waals surface area contributed by atoms with E-state index in [1.54, 1.807) is 13.2 Å². The van der Waals surface area contributed by atoms with E-state index in [-0.39, 0.29) is 11.2 Å². The zero-order valence-corrected chi connectivity index (χ0v) is 11.7. The number of Topliss-reactive ketones (excluding diaryl/α,β-unsaturated/α-hetero) is 1. The van der Waals surface area contributed by atoms with Crippen molar-refractivity contribution >= 4 is 21.7 Å². The van der Waals surface area contributed by atoms with Gasteiger partial charge in [0.15, 0.2) is 5.78 Å². The summed E-state index contributed by atoms with van der Waals surface area (Å²) >= 11 is 3.18. The van der Waals surface area contributed by atoms with Crippen LogP contribution in [0.4, 0.5) is 0 Å². The van der Waals surface area contributed by atoms with Crippen molar-refractivity contribution in [2.24, 2.45) is 0 Å². The molecule has 3 heteroatoms. The highest BCUT2D eigenvalue weighted by molar-refractivity contribution is 9.09. The molecular weight excluding hydrogens is 268 g/mol. The van der Waals surface area contributed by atoms with Crippen LogP contribution in [0.3, 0.4) is 0 Å². The molecule has 2 nitrogen and oxygen atoms in total. The number of hydrogen-bond donors (Lipinski definition) is 0. The van der Waals surface area contributed by atoms with Gasteiger partial charge in [0.2, 0.25) is 0 Å². The highest BCUT2D eigenvalue weighted by Crippen LogP contribution is 2.27. The van der Waals surface area contributed by atoms with Crippen LogP contribution in [0.5, 0.6) is 5.75 Å². The van der Waals surface area contributed by atoms with Crippen molar-refractivity contribution < 1.29 is 9.53 Å². The van der Waals surface area contributed by atoms with E-state index in [0.29, 0.717) is 10.9 Å². The Morgan fingerprint density at radius 2 is 1.94 bits per heavy atom. The standard InChI is InChI=1S/C13H17BrO2/c1-13(2,3)10-5-9(12(15)8-14)6-11(7-10)16-4/h5-7H,8H2,1-4H3. The number of methoxy groups -OCH3 is 1. The Morgan fingerprint density at radius 3 is 2.38 bits per heavy atom. The van der Waals surface area contributed by atoms with E-state index in [1.807, 2.05) is 12.1 Å². The number of benzene rings is 1. The first-order valence-electron chi connectivity index (χ1n) is 5.17. The van der Waals surface area contributed by atoms with Gasteiger partial charge in [0.25, 0.3) is 0 Å². The molecule has 0 unspecified atom stereocenters. The SMILES string of the molecule is COc1cc(C(=O)CBr)cc(C(C)(C)C)c1. The average Bonchev–Trinajstić information content (AvgIpc) is 2.26. The zero-order valence-electron chi connectivity index (χ0n) is 10.1. The van der Waals surface area contributed by atoms with Crippen LogP contribution < -0.4 is 4.74 Å². The largest absolute Gasteiger partial charge is 0.497 e. The van der Waals surface area contributed by atoms with Gasteiger partial charge < -0.3 is 4.74 Å². The third kappa shape index (κ3) is 3.08. The van der Waals surface area contributed by atoms with Crippen LogP contribution in [-0.2, 0) is 5.41 Å². The first-order valence-corrected chi connectivity index (χ1v) is 6.29. The monoisotopic (exact) mass is 284 g/mol. The predicted molar refractivity (Wildman–Crippen MR) is 69.8 cm³/mol. The fourth-order valence-corrected chi connectivity index (χ4v) is 1.71. The second-order valence-corrected chi connectivity index (χ2v) is 5.32. The molecule has 1 rings (SSSR count). The minimum Gasteiger partial charge on any atom is -0.497 e. The summed E-state index contributed by atoms with van der Waals surface area (Å²) in [4.78, 5) is 11.7. The van der Waals surface area contributed by atoms with Gasteiger partial charge >= 0.3 is 0 Å². The normalized spacial score (nSPS) is 11.3. The highest BCUT2D eigenvalue weighted by Gasteiger charge is 2.17. The lowest BCUT2D eigenvalue weighted by Gasteiger charge is -2.20. The number of ketones is 1. The summed E-state index contributed by atoms with van der Waals surface area (Å²) in [5.41, 5.74) is 1.81. The Kier molecular flexibility index (Phi) is 4.14. The summed E-state index contributed by atoms with van der Waals surface area (Å²) in [5.74, 6) is 0.807. The van der Waals surface area contributed by atoms with Crippen LogP contribution in [0.2, 0.25) is 0 Å². The number of carbonyl (C=O) groups is 1. The lowest BCUT2D eigenvalue weighted by molar-refractivity contribution is 0.102. The molecule has 0 aliphatic carbocycles. The maximum atomic E-state index is 11.7. The smallest absolute Gasteiger partial charge is 0.173 e. The minimum atomic E-state index is 0.00980. The van der Waals surface area contributed by atoms with E-state index in [0.717, 1.165) is 11.3 Å². The molecular formula is C13H17BrO2. The molecule has 0 saturated carbocycles. The summed E-state index contributed by atoms with van der Waals surface area (Å²) in [6, 6.07) is 5.69. The van der Waals surface area contributed by atoms with Gasteiger partial charge in [-0.15, -0.1) is 0 Å². The second kappa shape index (κ2) is 5.00. The zero-order chi connectivity index (χ0) is 12.3. The molecule has 0 radical (unpaired) electrons. The van der Waals surface area contributed by atoms with E-state index in [2.05, 4.69) is 36.7 Å². The van der Waals surface area contributed by atoms with E-state index in [4.69, 9.17) is 4.74 Å². The topological polar surface area (TPSA) is 26.3 Å². The summed E-state index contributed by atoms with van der Waals surface area (Å²) in [5, 5.41) is 0.337. The Labute approximate surface area is 105 Å². The molecule has 0 aliphatic heterocycles. The van der Waals surface area contributed by atoms with Gasteiger partial charge in [-0.1, -0.05) is 36.7 Å². The van der Waals surface area contributed by atoms with Crippen molar-refractivity contribution in [3.63, 3.8) is 0 Å². The number of hydrogen-bond acceptors (Lipinski definition) is 2. The van der Waals surface area contributed by atoms with Gasteiger partial charge in [0.1, 0.15) is 5.75 Å². The second-order valence-electron chi connectivity index (χ2n) is 4.76. The summed E-state index contributed by atoms with van der Waals surface area (Å²) in [6.45, 7) is 6.35. The van der Waals surface area contributed by atoms with Crippen molar-refractivity contribution in [3.05, 3.63) is 29.3 Å². The fourth-order valence-electron chi connectivity index (χ4n) is 1.39. The maximum absolute atomic E-state index is 11.7. The van der Waals surface area contributed by atoms with E-state index in [9.17, 15) is 4.79 Å². The van der Waals surface area contributed by atoms with Crippen LogP contribution in [-0.4, -0.2) is 18.2 Å². The quantitative estimate of drug-likeness (QED) is 0.627. The first-order chi connectivity index (χ1) is 7.38. The molecule has 0 fully saturated rings. The number of alkyl halides is 1. The molecule has 16 heavy (non-hydrogen) atoms. The molecule has 1 aromatic rings. The summed E-state index contributed by atoms with van der Waals surface area (Å²) in [7, 11) is 1.62. The van der Waals surface area contributed by atoms with Gasteiger partial charge in [-0.05, 0) is 29.2 Å².